The Balaban J connectivity index is 2.13. The third kappa shape index (κ3) is 2.09. The van der Waals surface area contributed by atoms with Gasteiger partial charge in [-0.15, -0.1) is 0 Å². The summed E-state index contributed by atoms with van der Waals surface area (Å²) in [6, 6.07) is 0. The second kappa shape index (κ2) is 3.30. The zero-order valence-corrected chi connectivity index (χ0v) is 9.54. The van der Waals surface area contributed by atoms with E-state index in [0.29, 0.717) is 10.2 Å². The Bertz CT molecular complexity index is 222. The first-order valence-electron chi connectivity index (χ1n) is 5.34. The molecule has 74 valence electrons. The lowest BCUT2D eigenvalue weighted by Gasteiger charge is -2.41. The minimum atomic E-state index is 0.494. The van der Waals surface area contributed by atoms with E-state index in [2.05, 4.69) is 36.8 Å². The maximum Gasteiger partial charge on any atom is 0.144 e. The van der Waals surface area contributed by atoms with Gasteiger partial charge in [-0.2, -0.15) is 11.8 Å². The minimum absolute atomic E-state index is 0.494. The maximum atomic E-state index is 3.45. The van der Waals surface area contributed by atoms with E-state index in [1.165, 1.54) is 38.0 Å². The average molecular weight is 198 g/mol. The summed E-state index contributed by atoms with van der Waals surface area (Å²) in [7, 11) is 0. The molecular weight excluding hydrogens is 178 g/mol. The molecule has 0 radical (unpaired) electrons. The molecular formula is C11H20NS+. The summed E-state index contributed by atoms with van der Waals surface area (Å²) in [5.74, 6) is 1.34. The third-order valence-corrected chi connectivity index (χ3v) is 4.61. The van der Waals surface area contributed by atoms with Crippen molar-refractivity contribution in [2.75, 3.05) is 12.3 Å². The lowest BCUT2D eigenvalue weighted by atomic mass is 9.73. The summed E-state index contributed by atoms with van der Waals surface area (Å²) in [4.78, 5) is 3.45. The van der Waals surface area contributed by atoms with Crippen LogP contribution >= 0.6 is 11.8 Å². The van der Waals surface area contributed by atoms with E-state index >= 15 is 0 Å². The van der Waals surface area contributed by atoms with Gasteiger partial charge in [-0.3, -0.25) is 4.99 Å². The highest BCUT2D eigenvalue weighted by Crippen LogP contribution is 2.46. The van der Waals surface area contributed by atoms with E-state index in [0.717, 1.165) is 0 Å². The molecule has 2 rings (SSSR count). The molecule has 0 aromatic heterocycles. The summed E-state index contributed by atoms with van der Waals surface area (Å²) >= 11 is 2.14. The van der Waals surface area contributed by atoms with Crippen molar-refractivity contribution >= 4 is 18.0 Å². The molecule has 1 saturated heterocycles. The average Bonchev–Trinajstić information content (AvgIpc) is 2.03. The van der Waals surface area contributed by atoms with E-state index in [1.54, 1.807) is 0 Å². The zero-order valence-electron chi connectivity index (χ0n) is 8.73. The molecule has 2 aliphatic heterocycles. The molecule has 1 atom stereocenters. The second-order valence-corrected chi connectivity index (χ2v) is 6.90. The van der Waals surface area contributed by atoms with Crippen molar-refractivity contribution in [3.05, 3.63) is 0 Å². The SMILES string of the molecule is CC1(C)C[C@@]2(C=[NH+]CCC2)CCS1. The van der Waals surface area contributed by atoms with Gasteiger partial charge in [0.2, 0.25) is 0 Å². The van der Waals surface area contributed by atoms with Crippen LogP contribution in [-0.2, 0) is 0 Å². The predicted octanol–water partition coefficient (Wildman–Crippen LogP) is 1.22. The normalized spacial score (nSPS) is 38.0. The molecule has 1 fully saturated rings. The molecule has 0 aliphatic carbocycles. The van der Waals surface area contributed by atoms with E-state index in [-0.39, 0.29) is 0 Å². The highest BCUT2D eigenvalue weighted by molar-refractivity contribution is 8.00. The quantitative estimate of drug-likeness (QED) is 0.618. The van der Waals surface area contributed by atoms with Crippen molar-refractivity contribution in [3.8, 4) is 0 Å². The van der Waals surface area contributed by atoms with Gasteiger partial charge in [-0.25, -0.2) is 0 Å². The molecule has 2 heteroatoms. The summed E-state index contributed by atoms with van der Waals surface area (Å²) in [5, 5.41) is 0. The van der Waals surface area contributed by atoms with Gasteiger partial charge in [0.05, 0.1) is 0 Å². The molecule has 1 nitrogen and oxygen atoms in total. The fourth-order valence-corrected chi connectivity index (χ4v) is 4.21. The Labute approximate surface area is 85.4 Å². The maximum absolute atomic E-state index is 3.45. The van der Waals surface area contributed by atoms with Crippen LogP contribution in [0, 0.1) is 5.41 Å². The van der Waals surface area contributed by atoms with Crippen molar-refractivity contribution in [2.24, 2.45) is 5.41 Å². The molecule has 13 heavy (non-hydrogen) atoms. The first-order valence-corrected chi connectivity index (χ1v) is 6.32. The monoisotopic (exact) mass is 198 g/mol. The van der Waals surface area contributed by atoms with Crippen LogP contribution < -0.4 is 4.99 Å². The van der Waals surface area contributed by atoms with Crippen LogP contribution in [0.2, 0.25) is 0 Å². The number of rotatable bonds is 0. The first kappa shape index (κ1) is 9.57. The molecule has 2 heterocycles. The number of thioether (sulfide) groups is 1. The molecule has 1 N–H and O–H groups in total. The summed E-state index contributed by atoms with van der Waals surface area (Å²) in [6.45, 7) is 5.97. The minimum Gasteiger partial charge on any atom is -0.251 e. The third-order valence-electron chi connectivity index (χ3n) is 3.27. The Morgan fingerprint density at radius 2 is 2.15 bits per heavy atom. The van der Waals surface area contributed by atoms with Crippen LogP contribution in [0.3, 0.4) is 0 Å². The Kier molecular flexibility index (Phi) is 2.43. The molecule has 0 aromatic carbocycles. The van der Waals surface area contributed by atoms with Crippen molar-refractivity contribution in [3.63, 3.8) is 0 Å². The van der Waals surface area contributed by atoms with E-state index in [4.69, 9.17) is 0 Å². The molecule has 0 aromatic rings. The van der Waals surface area contributed by atoms with E-state index in [1.807, 2.05) is 0 Å². The Morgan fingerprint density at radius 1 is 1.31 bits per heavy atom. The smallest absolute Gasteiger partial charge is 0.144 e. The second-order valence-electron chi connectivity index (χ2n) is 5.10. The lowest BCUT2D eigenvalue weighted by molar-refractivity contribution is -0.463. The van der Waals surface area contributed by atoms with E-state index < -0.39 is 0 Å². The standard InChI is InChI=1S/C11H19NS/c1-10(2)8-11(5-7-13-10)4-3-6-12-9-11/h9H,3-8H2,1-2H3/p+1/t11-/m0/s1. The van der Waals surface area contributed by atoms with Crippen molar-refractivity contribution < 1.29 is 4.99 Å². The summed E-state index contributed by atoms with van der Waals surface area (Å²) in [5.41, 5.74) is 0.535. The predicted molar refractivity (Wildman–Crippen MR) is 59.3 cm³/mol. The van der Waals surface area contributed by atoms with Gasteiger partial charge in [0, 0.05) is 16.6 Å². The van der Waals surface area contributed by atoms with Crippen LogP contribution in [0.1, 0.15) is 39.5 Å². The Hall–Kier alpha value is 0.0200. The van der Waals surface area contributed by atoms with Gasteiger partial charge >= 0.3 is 0 Å². The number of hydrogen-bond donors (Lipinski definition) is 1. The first-order chi connectivity index (χ1) is 6.12. The van der Waals surface area contributed by atoms with Crippen molar-refractivity contribution in [1.29, 1.82) is 0 Å². The lowest BCUT2D eigenvalue weighted by Crippen LogP contribution is -2.74. The zero-order chi connectivity index (χ0) is 9.36. The van der Waals surface area contributed by atoms with Crippen LogP contribution in [0.5, 0.6) is 0 Å². The summed E-state index contributed by atoms with van der Waals surface area (Å²) in [6.07, 6.45) is 7.91. The van der Waals surface area contributed by atoms with Gasteiger partial charge in [0.15, 0.2) is 0 Å². The number of nitrogens with one attached hydrogen (secondary N) is 1. The molecule has 0 saturated carbocycles. The summed E-state index contributed by atoms with van der Waals surface area (Å²) < 4.78 is 0.494. The van der Waals surface area contributed by atoms with Crippen LogP contribution in [0.15, 0.2) is 0 Å². The fourth-order valence-electron chi connectivity index (χ4n) is 2.76. The molecule has 2 aliphatic rings. The topological polar surface area (TPSA) is 14.0 Å². The highest BCUT2D eigenvalue weighted by atomic mass is 32.2. The van der Waals surface area contributed by atoms with Crippen LogP contribution in [0.4, 0.5) is 0 Å². The van der Waals surface area contributed by atoms with Crippen LogP contribution in [0.25, 0.3) is 0 Å². The molecule has 0 amide bonds. The van der Waals surface area contributed by atoms with Gasteiger partial charge in [0.1, 0.15) is 12.8 Å². The fraction of sp³-hybridized carbons (Fsp3) is 0.909. The molecule has 1 spiro atoms. The van der Waals surface area contributed by atoms with E-state index in [9.17, 15) is 0 Å². The number of hydrogen-bond acceptors (Lipinski definition) is 1. The largest absolute Gasteiger partial charge is 0.251 e. The Morgan fingerprint density at radius 3 is 2.77 bits per heavy atom. The van der Waals surface area contributed by atoms with Crippen molar-refractivity contribution in [1.82, 2.24) is 0 Å². The molecule has 0 unspecified atom stereocenters. The van der Waals surface area contributed by atoms with Crippen molar-refractivity contribution in [2.45, 2.75) is 44.3 Å². The van der Waals surface area contributed by atoms with Gasteiger partial charge < -0.3 is 0 Å². The highest BCUT2D eigenvalue weighted by Gasteiger charge is 2.42. The van der Waals surface area contributed by atoms with Gasteiger partial charge in [-0.05, 0) is 25.0 Å². The van der Waals surface area contributed by atoms with Gasteiger partial charge in [-0.1, -0.05) is 13.8 Å². The van der Waals surface area contributed by atoms with Gasteiger partial charge in [0.25, 0.3) is 0 Å². The molecule has 0 bridgehead atoms. The van der Waals surface area contributed by atoms with Crippen LogP contribution in [-0.4, -0.2) is 23.3 Å².